The van der Waals surface area contributed by atoms with Crippen molar-refractivity contribution in [3.05, 3.63) is 0 Å². The summed E-state index contributed by atoms with van der Waals surface area (Å²) >= 11 is 1.59. The number of carboxylic acid groups (broad SMARTS) is 1. The average molecular weight is 340 g/mol. The molecule has 23 heavy (non-hydrogen) atoms. The van der Waals surface area contributed by atoms with Gasteiger partial charge in [-0.25, -0.2) is 9.59 Å². The van der Waals surface area contributed by atoms with E-state index in [-0.39, 0.29) is 11.4 Å². The molecule has 0 spiro atoms. The van der Waals surface area contributed by atoms with Gasteiger partial charge >= 0.3 is 12.0 Å². The smallest absolute Gasteiger partial charge is 0.326 e. The summed E-state index contributed by atoms with van der Waals surface area (Å²) in [6.07, 6.45) is 10.3. The molecule has 6 heteroatoms. The topological polar surface area (TPSA) is 78.4 Å². The van der Waals surface area contributed by atoms with Crippen LogP contribution in [0.3, 0.4) is 0 Å². The normalized spacial score (nSPS) is 35.8. The lowest BCUT2D eigenvalue weighted by Crippen LogP contribution is -2.53. The van der Waals surface area contributed by atoms with Crippen molar-refractivity contribution in [2.24, 2.45) is 23.2 Å². The van der Waals surface area contributed by atoms with Gasteiger partial charge < -0.3 is 15.7 Å². The molecular formula is C17H28N2O3S. The van der Waals surface area contributed by atoms with Crippen LogP contribution in [-0.2, 0) is 4.79 Å². The second-order valence-electron chi connectivity index (χ2n) is 7.92. The standard InChI is InChI=1S/C17H28N2O3S/c1-23-3-2-14(15(20)21)19-16(22)18-10-17-7-11-4-12(8-17)6-13(5-11)9-17/h11-14H,2-10H2,1H3,(H,20,21)(H2,18,19,22). The highest BCUT2D eigenvalue weighted by Gasteiger charge is 2.50. The second kappa shape index (κ2) is 6.91. The van der Waals surface area contributed by atoms with Crippen LogP contribution in [0.4, 0.5) is 4.79 Å². The summed E-state index contributed by atoms with van der Waals surface area (Å²) < 4.78 is 0. The number of amides is 2. The van der Waals surface area contributed by atoms with E-state index in [4.69, 9.17) is 0 Å². The molecule has 0 heterocycles. The largest absolute Gasteiger partial charge is 0.480 e. The zero-order valence-corrected chi connectivity index (χ0v) is 14.7. The lowest BCUT2D eigenvalue weighted by Gasteiger charge is -2.56. The molecule has 0 aromatic heterocycles. The Bertz CT molecular complexity index is 433. The fraction of sp³-hybridized carbons (Fsp3) is 0.882. The van der Waals surface area contributed by atoms with Crippen LogP contribution >= 0.6 is 11.8 Å². The van der Waals surface area contributed by atoms with Gasteiger partial charge in [-0.3, -0.25) is 0 Å². The summed E-state index contributed by atoms with van der Waals surface area (Å²) in [6, 6.07) is -1.12. The van der Waals surface area contributed by atoms with E-state index in [2.05, 4.69) is 10.6 Å². The van der Waals surface area contributed by atoms with Gasteiger partial charge in [0.2, 0.25) is 0 Å². The van der Waals surface area contributed by atoms with Gasteiger partial charge in [0, 0.05) is 6.54 Å². The fourth-order valence-corrected chi connectivity index (χ4v) is 5.95. The summed E-state index contributed by atoms with van der Waals surface area (Å²) in [6.45, 7) is 0.706. The molecule has 3 N–H and O–H groups in total. The molecule has 4 rings (SSSR count). The van der Waals surface area contributed by atoms with E-state index in [0.29, 0.717) is 13.0 Å². The van der Waals surface area contributed by atoms with E-state index in [1.807, 2.05) is 6.26 Å². The van der Waals surface area contributed by atoms with Crippen LogP contribution < -0.4 is 10.6 Å². The average Bonchev–Trinajstić information content (AvgIpc) is 2.48. The number of thioether (sulfide) groups is 1. The molecule has 130 valence electrons. The number of hydrogen-bond donors (Lipinski definition) is 3. The molecule has 0 aliphatic heterocycles. The molecule has 4 fully saturated rings. The maximum atomic E-state index is 12.1. The van der Waals surface area contributed by atoms with Crippen LogP contribution in [0.5, 0.6) is 0 Å². The number of aliphatic carboxylic acids is 1. The highest BCUT2D eigenvalue weighted by atomic mass is 32.2. The van der Waals surface area contributed by atoms with Crippen molar-refractivity contribution in [2.75, 3.05) is 18.6 Å². The Balaban J connectivity index is 1.49. The van der Waals surface area contributed by atoms with Crippen molar-refractivity contribution in [1.29, 1.82) is 0 Å². The highest BCUT2D eigenvalue weighted by molar-refractivity contribution is 7.98. The van der Waals surface area contributed by atoms with Gasteiger partial charge in [0.25, 0.3) is 0 Å². The maximum absolute atomic E-state index is 12.1. The summed E-state index contributed by atoms with van der Waals surface area (Å²) in [5.41, 5.74) is 0.282. The Morgan fingerprint density at radius 3 is 2.22 bits per heavy atom. The number of carbonyl (C=O) groups excluding carboxylic acids is 1. The second-order valence-corrected chi connectivity index (χ2v) is 8.90. The number of rotatable bonds is 7. The lowest BCUT2D eigenvalue weighted by molar-refractivity contribution is -0.139. The maximum Gasteiger partial charge on any atom is 0.326 e. The van der Waals surface area contributed by atoms with Gasteiger partial charge in [-0.1, -0.05) is 0 Å². The first-order valence-corrected chi connectivity index (χ1v) is 10.2. The number of carbonyl (C=O) groups is 2. The quantitative estimate of drug-likeness (QED) is 0.666. The van der Waals surface area contributed by atoms with E-state index in [9.17, 15) is 14.7 Å². The minimum Gasteiger partial charge on any atom is -0.480 e. The SMILES string of the molecule is CSCCC(NC(=O)NCC12CC3CC(CC(C3)C1)C2)C(=O)O. The highest BCUT2D eigenvalue weighted by Crippen LogP contribution is 2.59. The zero-order valence-electron chi connectivity index (χ0n) is 13.8. The summed E-state index contributed by atoms with van der Waals surface area (Å²) in [5, 5.41) is 14.8. The summed E-state index contributed by atoms with van der Waals surface area (Å²) in [5.74, 6) is 2.36. The first-order valence-electron chi connectivity index (χ1n) is 8.76. The minimum absolute atomic E-state index is 0.282. The van der Waals surface area contributed by atoms with Crippen LogP contribution in [0.15, 0.2) is 0 Å². The fourth-order valence-electron chi connectivity index (χ4n) is 5.48. The molecule has 2 amide bonds. The van der Waals surface area contributed by atoms with Crippen molar-refractivity contribution < 1.29 is 14.7 Å². The molecule has 1 unspecified atom stereocenters. The number of urea groups is 1. The number of hydrogen-bond acceptors (Lipinski definition) is 3. The molecular weight excluding hydrogens is 312 g/mol. The third-order valence-electron chi connectivity index (χ3n) is 6.00. The monoisotopic (exact) mass is 340 g/mol. The Kier molecular flexibility index (Phi) is 5.09. The van der Waals surface area contributed by atoms with Crippen molar-refractivity contribution in [3.63, 3.8) is 0 Å². The van der Waals surface area contributed by atoms with Crippen molar-refractivity contribution >= 4 is 23.8 Å². The zero-order chi connectivity index (χ0) is 16.4. The molecule has 0 aromatic carbocycles. The number of carboxylic acids is 1. The molecule has 4 bridgehead atoms. The van der Waals surface area contributed by atoms with E-state index in [1.165, 1.54) is 38.5 Å². The Labute approximate surface area is 142 Å². The third kappa shape index (κ3) is 3.95. The molecule has 1 atom stereocenters. The minimum atomic E-state index is -0.955. The third-order valence-corrected chi connectivity index (χ3v) is 6.65. The molecule has 5 nitrogen and oxygen atoms in total. The Morgan fingerprint density at radius 1 is 1.17 bits per heavy atom. The number of nitrogens with one attached hydrogen (secondary N) is 2. The molecule has 4 aliphatic rings. The van der Waals surface area contributed by atoms with Crippen LogP contribution in [0.2, 0.25) is 0 Å². The predicted molar refractivity (Wildman–Crippen MR) is 91.6 cm³/mol. The first-order chi connectivity index (χ1) is 11.0. The van der Waals surface area contributed by atoms with Gasteiger partial charge in [0.05, 0.1) is 0 Å². The van der Waals surface area contributed by atoms with E-state index in [0.717, 1.165) is 23.5 Å². The van der Waals surface area contributed by atoms with Crippen LogP contribution in [0.25, 0.3) is 0 Å². The molecule has 0 saturated heterocycles. The van der Waals surface area contributed by atoms with Crippen molar-refractivity contribution in [1.82, 2.24) is 10.6 Å². The summed E-state index contributed by atoms with van der Waals surface area (Å²) in [4.78, 5) is 23.3. The van der Waals surface area contributed by atoms with Gasteiger partial charge in [-0.2, -0.15) is 11.8 Å². The van der Waals surface area contributed by atoms with Crippen LogP contribution in [-0.4, -0.2) is 41.7 Å². The van der Waals surface area contributed by atoms with E-state index in [1.54, 1.807) is 11.8 Å². The molecule has 0 aromatic rings. The van der Waals surface area contributed by atoms with Crippen LogP contribution in [0, 0.1) is 23.2 Å². The van der Waals surface area contributed by atoms with E-state index >= 15 is 0 Å². The van der Waals surface area contributed by atoms with Crippen LogP contribution in [0.1, 0.15) is 44.9 Å². The lowest BCUT2D eigenvalue weighted by atomic mass is 9.49. The van der Waals surface area contributed by atoms with Crippen molar-refractivity contribution in [3.8, 4) is 0 Å². The van der Waals surface area contributed by atoms with Gasteiger partial charge in [0.1, 0.15) is 6.04 Å². The Hall–Kier alpha value is -0.910. The molecule has 0 radical (unpaired) electrons. The van der Waals surface area contributed by atoms with Crippen molar-refractivity contribution in [2.45, 2.75) is 51.0 Å². The van der Waals surface area contributed by atoms with E-state index < -0.39 is 12.0 Å². The molecule has 4 aliphatic carbocycles. The Morgan fingerprint density at radius 2 is 1.74 bits per heavy atom. The van der Waals surface area contributed by atoms with Gasteiger partial charge in [-0.05, 0) is 80.1 Å². The first kappa shape index (κ1) is 16.9. The van der Waals surface area contributed by atoms with Gasteiger partial charge in [0.15, 0.2) is 0 Å². The summed E-state index contributed by atoms with van der Waals surface area (Å²) in [7, 11) is 0. The molecule has 4 saturated carbocycles. The van der Waals surface area contributed by atoms with Gasteiger partial charge in [-0.15, -0.1) is 0 Å². The predicted octanol–water partition coefficient (Wildman–Crippen LogP) is 2.71.